The lowest BCUT2D eigenvalue weighted by Gasteiger charge is -2.27. The van der Waals surface area contributed by atoms with Crippen LogP contribution in [0.1, 0.15) is 16.4 Å². The lowest BCUT2D eigenvalue weighted by Crippen LogP contribution is -2.06. The first-order valence-corrected chi connectivity index (χ1v) is 8.52. The molecule has 2 heterocycles. The SMILES string of the molecule is Cn1ccnc1SC1c2ccccc2Sc2ccccc21. The van der Waals surface area contributed by atoms with E-state index in [-0.39, 0.29) is 0 Å². The summed E-state index contributed by atoms with van der Waals surface area (Å²) in [7, 11) is 2.05. The van der Waals surface area contributed by atoms with Crippen molar-refractivity contribution in [2.75, 3.05) is 0 Å². The normalized spacial score (nSPS) is 13.8. The zero-order valence-electron chi connectivity index (χ0n) is 11.6. The number of imidazole rings is 1. The van der Waals surface area contributed by atoms with E-state index < -0.39 is 0 Å². The van der Waals surface area contributed by atoms with Gasteiger partial charge in [0.25, 0.3) is 0 Å². The lowest BCUT2D eigenvalue weighted by molar-refractivity contribution is 0.786. The molecule has 0 radical (unpaired) electrons. The van der Waals surface area contributed by atoms with Gasteiger partial charge in [-0.3, -0.25) is 0 Å². The van der Waals surface area contributed by atoms with Crippen LogP contribution in [-0.2, 0) is 7.05 Å². The molecular formula is C17H14N2S2. The largest absolute Gasteiger partial charge is 0.329 e. The van der Waals surface area contributed by atoms with E-state index in [2.05, 4.69) is 58.1 Å². The van der Waals surface area contributed by atoms with Gasteiger partial charge in [0, 0.05) is 29.2 Å². The van der Waals surface area contributed by atoms with E-state index in [1.165, 1.54) is 20.9 Å². The number of aryl methyl sites for hydroxylation is 1. The molecule has 1 aliphatic heterocycles. The van der Waals surface area contributed by atoms with Crippen molar-refractivity contribution in [3.63, 3.8) is 0 Å². The molecule has 0 aliphatic carbocycles. The van der Waals surface area contributed by atoms with E-state index in [0.29, 0.717) is 5.25 Å². The Balaban J connectivity index is 1.83. The second-order valence-electron chi connectivity index (χ2n) is 5.00. The molecule has 0 bridgehead atoms. The third-order valence-corrected chi connectivity index (χ3v) is 6.15. The smallest absolute Gasteiger partial charge is 0.168 e. The first-order valence-electron chi connectivity index (χ1n) is 6.82. The molecule has 0 unspecified atom stereocenters. The highest BCUT2D eigenvalue weighted by atomic mass is 32.2. The van der Waals surface area contributed by atoms with E-state index >= 15 is 0 Å². The van der Waals surface area contributed by atoms with E-state index in [0.717, 1.165) is 5.16 Å². The summed E-state index contributed by atoms with van der Waals surface area (Å²) < 4.78 is 2.08. The summed E-state index contributed by atoms with van der Waals surface area (Å²) >= 11 is 3.68. The number of fused-ring (bicyclic) bond motifs is 2. The first-order chi connectivity index (χ1) is 10.3. The fraction of sp³-hybridized carbons (Fsp3) is 0.118. The molecule has 0 spiro atoms. The van der Waals surface area contributed by atoms with Crippen molar-refractivity contribution in [1.29, 1.82) is 0 Å². The minimum absolute atomic E-state index is 0.305. The average molecular weight is 310 g/mol. The monoisotopic (exact) mass is 310 g/mol. The van der Waals surface area contributed by atoms with Gasteiger partial charge in [-0.1, -0.05) is 59.9 Å². The van der Waals surface area contributed by atoms with Gasteiger partial charge in [0.15, 0.2) is 5.16 Å². The minimum atomic E-state index is 0.305. The van der Waals surface area contributed by atoms with Crippen LogP contribution in [0.4, 0.5) is 0 Å². The Kier molecular flexibility index (Phi) is 3.28. The third kappa shape index (κ3) is 2.28. The molecule has 0 N–H and O–H groups in total. The maximum Gasteiger partial charge on any atom is 0.168 e. The summed E-state index contributed by atoms with van der Waals surface area (Å²) in [6, 6.07) is 17.4. The molecule has 1 aromatic heterocycles. The van der Waals surface area contributed by atoms with Gasteiger partial charge in [0.1, 0.15) is 0 Å². The average Bonchev–Trinajstić information content (AvgIpc) is 2.92. The molecular weight excluding hydrogens is 296 g/mol. The Morgan fingerprint density at radius 2 is 1.62 bits per heavy atom. The molecule has 0 saturated carbocycles. The summed E-state index contributed by atoms with van der Waals surface area (Å²) in [5.74, 6) is 0. The Hall–Kier alpha value is -1.65. The second kappa shape index (κ2) is 5.28. The van der Waals surface area contributed by atoms with Gasteiger partial charge in [-0.25, -0.2) is 4.98 Å². The van der Waals surface area contributed by atoms with Crippen molar-refractivity contribution >= 4 is 23.5 Å². The fourth-order valence-electron chi connectivity index (χ4n) is 2.56. The molecule has 1 aliphatic rings. The van der Waals surface area contributed by atoms with Crippen molar-refractivity contribution in [2.24, 2.45) is 7.05 Å². The molecule has 0 atom stereocenters. The Bertz CT molecular complexity index is 749. The number of rotatable bonds is 2. The molecule has 0 amide bonds. The van der Waals surface area contributed by atoms with Crippen LogP contribution in [0.5, 0.6) is 0 Å². The van der Waals surface area contributed by atoms with Crippen LogP contribution in [0.25, 0.3) is 0 Å². The highest BCUT2D eigenvalue weighted by molar-refractivity contribution is 8.01. The predicted octanol–water partition coefficient (Wildman–Crippen LogP) is 4.77. The Labute approximate surface area is 132 Å². The number of benzene rings is 2. The van der Waals surface area contributed by atoms with Crippen LogP contribution >= 0.6 is 23.5 Å². The summed E-state index contributed by atoms with van der Waals surface area (Å²) in [6.45, 7) is 0. The molecule has 3 aromatic rings. The molecule has 0 saturated heterocycles. The van der Waals surface area contributed by atoms with Crippen LogP contribution in [0.15, 0.2) is 75.9 Å². The first kappa shape index (κ1) is 13.0. The second-order valence-corrected chi connectivity index (χ2v) is 7.15. The number of hydrogen-bond donors (Lipinski definition) is 0. The maximum absolute atomic E-state index is 4.47. The molecule has 104 valence electrons. The van der Waals surface area contributed by atoms with E-state index in [1.54, 1.807) is 0 Å². The van der Waals surface area contributed by atoms with Gasteiger partial charge < -0.3 is 4.57 Å². The quantitative estimate of drug-likeness (QED) is 0.679. The summed E-state index contributed by atoms with van der Waals surface area (Å²) in [4.78, 5) is 7.17. The predicted molar refractivity (Wildman–Crippen MR) is 87.9 cm³/mol. The van der Waals surface area contributed by atoms with Gasteiger partial charge in [-0.2, -0.15) is 0 Å². The van der Waals surface area contributed by atoms with Gasteiger partial charge in [-0.05, 0) is 23.3 Å². The van der Waals surface area contributed by atoms with E-state index in [4.69, 9.17) is 0 Å². The van der Waals surface area contributed by atoms with Crippen molar-refractivity contribution < 1.29 is 0 Å². The van der Waals surface area contributed by atoms with Gasteiger partial charge in [0.05, 0.1) is 5.25 Å². The number of nitrogens with zero attached hydrogens (tertiary/aromatic N) is 2. The number of hydrogen-bond acceptors (Lipinski definition) is 3. The van der Waals surface area contributed by atoms with Crippen LogP contribution < -0.4 is 0 Å². The zero-order chi connectivity index (χ0) is 14.2. The molecule has 4 heteroatoms. The molecule has 0 fully saturated rings. The standard InChI is InChI=1S/C17H14N2S2/c1-19-11-10-18-17(19)21-16-12-6-2-4-8-14(12)20-15-9-5-3-7-13(15)16/h2-11,16H,1H3. The molecule has 2 aromatic carbocycles. The van der Waals surface area contributed by atoms with Crippen LogP contribution in [0, 0.1) is 0 Å². The summed E-state index contributed by atoms with van der Waals surface area (Å²) in [5, 5.41) is 1.36. The number of thioether (sulfide) groups is 1. The summed E-state index contributed by atoms with van der Waals surface area (Å²) in [6.07, 6.45) is 3.86. The van der Waals surface area contributed by atoms with E-state index in [1.807, 2.05) is 43.0 Å². The highest BCUT2D eigenvalue weighted by Gasteiger charge is 2.27. The van der Waals surface area contributed by atoms with Gasteiger partial charge in [-0.15, -0.1) is 0 Å². The van der Waals surface area contributed by atoms with E-state index in [9.17, 15) is 0 Å². The van der Waals surface area contributed by atoms with Crippen molar-refractivity contribution in [2.45, 2.75) is 20.2 Å². The molecule has 4 rings (SSSR count). The van der Waals surface area contributed by atoms with Crippen LogP contribution in [-0.4, -0.2) is 9.55 Å². The molecule has 21 heavy (non-hydrogen) atoms. The molecule has 2 nitrogen and oxygen atoms in total. The maximum atomic E-state index is 4.47. The fourth-order valence-corrected chi connectivity index (χ4v) is 5.08. The highest BCUT2D eigenvalue weighted by Crippen LogP contribution is 2.51. The Morgan fingerprint density at radius 3 is 2.19 bits per heavy atom. The lowest BCUT2D eigenvalue weighted by atomic mass is 10.0. The van der Waals surface area contributed by atoms with Crippen molar-refractivity contribution in [3.8, 4) is 0 Å². The van der Waals surface area contributed by atoms with Crippen LogP contribution in [0.2, 0.25) is 0 Å². The zero-order valence-corrected chi connectivity index (χ0v) is 13.2. The van der Waals surface area contributed by atoms with Gasteiger partial charge >= 0.3 is 0 Å². The minimum Gasteiger partial charge on any atom is -0.329 e. The van der Waals surface area contributed by atoms with Crippen molar-refractivity contribution in [3.05, 3.63) is 72.1 Å². The third-order valence-electron chi connectivity index (χ3n) is 3.62. The summed E-state index contributed by atoms with van der Waals surface area (Å²) in [5.41, 5.74) is 2.77. The number of aromatic nitrogens is 2. The van der Waals surface area contributed by atoms with Gasteiger partial charge in [0.2, 0.25) is 0 Å². The van der Waals surface area contributed by atoms with Crippen molar-refractivity contribution in [1.82, 2.24) is 9.55 Å². The topological polar surface area (TPSA) is 17.8 Å². The van der Waals surface area contributed by atoms with Crippen LogP contribution in [0.3, 0.4) is 0 Å². The Morgan fingerprint density at radius 1 is 1.00 bits per heavy atom.